The first-order valence-corrected chi connectivity index (χ1v) is 9.30. The molecule has 0 radical (unpaired) electrons. The summed E-state index contributed by atoms with van der Waals surface area (Å²) in [4.78, 5) is 17.0. The number of piperazine rings is 1. The van der Waals surface area contributed by atoms with E-state index in [-0.39, 0.29) is 55.1 Å². The van der Waals surface area contributed by atoms with Gasteiger partial charge in [0.15, 0.2) is 0 Å². The highest BCUT2D eigenvalue weighted by Crippen LogP contribution is 2.26. The summed E-state index contributed by atoms with van der Waals surface area (Å²) in [7, 11) is 2.16. The molecular formula is C19H33Cl3N4O2. The molecule has 0 bridgehead atoms. The Morgan fingerprint density at radius 2 is 1.75 bits per heavy atom. The number of carbonyl (C=O) groups excluding carboxylic acids is 1. The highest BCUT2D eigenvalue weighted by atomic mass is 35.5. The molecule has 6 nitrogen and oxygen atoms in total. The van der Waals surface area contributed by atoms with Crippen molar-refractivity contribution in [2.75, 3.05) is 51.7 Å². The van der Waals surface area contributed by atoms with E-state index in [9.17, 15) is 4.79 Å². The fourth-order valence-electron chi connectivity index (χ4n) is 3.50. The molecule has 1 aliphatic heterocycles. The molecule has 1 aromatic carbocycles. The van der Waals surface area contributed by atoms with Gasteiger partial charge in [-0.1, -0.05) is 0 Å². The molecule has 0 aromatic heterocycles. The zero-order valence-corrected chi connectivity index (χ0v) is 18.8. The molecule has 2 atom stereocenters. The van der Waals surface area contributed by atoms with Crippen LogP contribution in [0.25, 0.3) is 0 Å². The van der Waals surface area contributed by atoms with Gasteiger partial charge >= 0.3 is 0 Å². The number of anilines is 1. The van der Waals surface area contributed by atoms with Crippen LogP contribution in [0.3, 0.4) is 0 Å². The van der Waals surface area contributed by atoms with Crippen LogP contribution in [-0.4, -0.2) is 68.1 Å². The van der Waals surface area contributed by atoms with Crippen LogP contribution >= 0.6 is 37.2 Å². The SMILES string of the molecule is CN1CCN(CCOc2ccc(NC(=O)C3CCC(N)C3)cc2)CC1.Cl.Cl.Cl. The third-order valence-corrected chi connectivity index (χ3v) is 5.24. The number of nitrogens with zero attached hydrogens (tertiary/aromatic N) is 2. The van der Waals surface area contributed by atoms with Gasteiger partial charge in [0.2, 0.25) is 5.91 Å². The average molecular weight is 456 g/mol. The van der Waals surface area contributed by atoms with Gasteiger partial charge in [-0.05, 0) is 50.6 Å². The average Bonchev–Trinajstić information content (AvgIpc) is 3.05. The third-order valence-electron chi connectivity index (χ3n) is 5.24. The van der Waals surface area contributed by atoms with Crippen molar-refractivity contribution < 1.29 is 9.53 Å². The molecule has 1 amide bonds. The van der Waals surface area contributed by atoms with E-state index in [1.807, 2.05) is 24.3 Å². The van der Waals surface area contributed by atoms with Gasteiger partial charge in [0, 0.05) is 50.4 Å². The van der Waals surface area contributed by atoms with Gasteiger partial charge in [-0.3, -0.25) is 9.69 Å². The number of ether oxygens (including phenoxy) is 1. The zero-order valence-electron chi connectivity index (χ0n) is 16.3. The quantitative estimate of drug-likeness (QED) is 0.690. The minimum atomic E-state index is 0. The van der Waals surface area contributed by atoms with Crippen molar-refractivity contribution in [1.82, 2.24) is 9.80 Å². The van der Waals surface area contributed by atoms with Crippen LogP contribution < -0.4 is 15.8 Å². The predicted octanol–water partition coefficient (Wildman–Crippen LogP) is 2.64. The zero-order chi connectivity index (χ0) is 17.6. The molecule has 1 saturated heterocycles. The van der Waals surface area contributed by atoms with Crippen molar-refractivity contribution in [2.45, 2.75) is 25.3 Å². The summed E-state index contributed by atoms with van der Waals surface area (Å²) in [5.74, 6) is 0.973. The van der Waals surface area contributed by atoms with E-state index in [2.05, 4.69) is 22.2 Å². The summed E-state index contributed by atoms with van der Waals surface area (Å²) in [5, 5.41) is 2.98. The Hall–Kier alpha value is -0.760. The lowest BCUT2D eigenvalue weighted by atomic mass is 10.1. The summed E-state index contributed by atoms with van der Waals surface area (Å²) >= 11 is 0. The van der Waals surface area contributed by atoms with Crippen LogP contribution in [0.15, 0.2) is 24.3 Å². The number of hydrogen-bond donors (Lipinski definition) is 2. The summed E-state index contributed by atoms with van der Waals surface area (Å²) < 4.78 is 5.82. The summed E-state index contributed by atoms with van der Waals surface area (Å²) in [5.41, 5.74) is 6.70. The van der Waals surface area contributed by atoms with E-state index in [1.54, 1.807) is 0 Å². The first-order chi connectivity index (χ1) is 12.1. The van der Waals surface area contributed by atoms with Crippen LogP contribution in [0.1, 0.15) is 19.3 Å². The smallest absolute Gasteiger partial charge is 0.227 e. The molecular weight excluding hydrogens is 423 g/mol. The Labute approximate surface area is 186 Å². The number of halogens is 3. The predicted molar refractivity (Wildman–Crippen MR) is 122 cm³/mol. The minimum absolute atomic E-state index is 0. The van der Waals surface area contributed by atoms with Crippen LogP contribution in [0.5, 0.6) is 5.75 Å². The van der Waals surface area contributed by atoms with E-state index in [0.29, 0.717) is 6.61 Å². The summed E-state index contributed by atoms with van der Waals surface area (Å²) in [6.07, 6.45) is 2.62. The van der Waals surface area contributed by atoms with Crippen LogP contribution in [0.4, 0.5) is 5.69 Å². The van der Waals surface area contributed by atoms with Crippen molar-refractivity contribution in [2.24, 2.45) is 11.7 Å². The fraction of sp³-hybridized carbons (Fsp3) is 0.632. The number of likely N-dealkylation sites (N-methyl/N-ethyl adjacent to an activating group) is 1. The molecule has 0 spiro atoms. The van der Waals surface area contributed by atoms with Crippen molar-refractivity contribution in [1.29, 1.82) is 0 Å². The molecule has 162 valence electrons. The molecule has 3 N–H and O–H groups in total. The van der Waals surface area contributed by atoms with Crippen LogP contribution in [0.2, 0.25) is 0 Å². The molecule has 1 aliphatic carbocycles. The van der Waals surface area contributed by atoms with Gasteiger partial charge in [-0.15, -0.1) is 37.2 Å². The molecule has 2 fully saturated rings. The van der Waals surface area contributed by atoms with Gasteiger partial charge in [-0.25, -0.2) is 0 Å². The lowest BCUT2D eigenvalue weighted by molar-refractivity contribution is -0.119. The first kappa shape index (κ1) is 27.2. The van der Waals surface area contributed by atoms with Crippen molar-refractivity contribution in [3.05, 3.63) is 24.3 Å². The van der Waals surface area contributed by atoms with Gasteiger partial charge in [0.25, 0.3) is 0 Å². The molecule has 1 saturated carbocycles. The molecule has 2 aliphatic rings. The lowest BCUT2D eigenvalue weighted by Crippen LogP contribution is -2.45. The van der Waals surface area contributed by atoms with Gasteiger partial charge in [0.05, 0.1) is 0 Å². The van der Waals surface area contributed by atoms with Gasteiger partial charge in [-0.2, -0.15) is 0 Å². The number of rotatable bonds is 6. The number of carbonyl (C=O) groups is 1. The molecule has 28 heavy (non-hydrogen) atoms. The summed E-state index contributed by atoms with van der Waals surface area (Å²) in [6, 6.07) is 7.81. The van der Waals surface area contributed by atoms with Gasteiger partial charge < -0.3 is 20.7 Å². The highest BCUT2D eigenvalue weighted by molar-refractivity contribution is 5.92. The highest BCUT2D eigenvalue weighted by Gasteiger charge is 2.27. The molecule has 1 aromatic rings. The number of nitrogens with two attached hydrogens (primary N) is 1. The van der Waals surface area contributed by atoms with E-state index >= 15 is 0 Å². The Morgan fingerprint density at radius 3 is 2.32 bits per heavy atom. The maximum absolute atomic E-state index is 12.2. The Morgan fingerprint density at radius 1 is 1.11 bits per heavy atom. The first-order valence-electron chi connectivity index (χ1n) is 9.30. The minimum Gasteiger partial charge on any atom is -0.492 e. The molecule has 2 unspecified atom stereocenters. The second-order valence-electron chi connectivity index (χ2n) is 7.28. The standard InChI is InChI=1S/C19H30N4O2.3ClH/c1-22-8-10-23(11-9-22)12-13-25-18-6-4-17(5-7-18)21-19(24)15-2-3-16(20)14-15;;;/h4-7,15-16H,2-3,8-14,20H2,1H3,(H,21,24);3*1H. The van der Waals surface area contributed by atoms with E-state index in [4.69, 9.17) is 10.5 Å². The molecule has 1 heterocycles. The van der Waals surface area contributed by atoms with Crippen molar-refractivity contribution in [3.8, 4) is 5.75 Å². The maximum Gasteiger partial charge on any atom is 0.227 e. The van der Waals surface area contributed by atoms with Crippen molar-refractivity contribution in [3.63, 3.8) is 0 Å². The van der Waals surface area contributed by atoms with Gasteiger partial charge in [0.1, 0.15) is 12.4 Å². The molecule has 9 heteroatoms. The topological polar surface area (TPSA) is 70.8 Å². The maximum atomic E-state index is 12.2. The Balaban J connectivity index is 0.00000243. The monoisotopic (exact) mass is 454 g/mol. The van der Waals surface area contributed by atoms with Crippen LogP contribution in [0, 0.1) is 5.92 Å². The number of benzene rings is 1. The lowest BCUT2D eigenvalue weighted by Gasteiger charge is -2.32. The fourth-order valence-corrected chi connectivity index (χ4v) is 3.50. The molecule has 3 rings (SSSR count). The number of nitrogens with one attached hydrogen (secondary N) is 1. The third kappa shape index (κ3) is 8.31. The largest absolute Gasteiger partial charge is 0.492 e. The van der Waals surface area contributed by atoms with Crippen molar-refractivity contribution >= 4 is 48.8 Å². The Kier molecular flexibility index (Phi) is 13.1. The Bertz CT molecular complexity index is 569. The van der Waals surface area contributed by atoms with E-state index < -0.39 is 0 Å². The summed E-state index contributed by atoms with van der Waals surface area (Å²) in [6.45, 7) is 6.11. The number of hydrogen-bond acceptors (Lipinski definition) is 5. The normalized spacial score (nSPS) is 22.4. The van der Waals surface area contributed by atoms with Crippen LogP contribution in [-0.2, 0) is 4.79 Å². The second kappa shape index (κ2) is 13.5. The van der Waals surface area contributed by atoms with E-state index in [0.717, 1.165) is 63.4 Å². The van der Waals surface area contributed by atoms with E-state index in [1.165, 1.54) is 0 Å². The number of amides is 1. The second-order valence-corrected chi connectivity index (χ2v) is 7.28.